The summed E-state index contributed by atoms with van der Waals surface area (Å²) in [5.74, 6) is -0.488. The van der Waals surface area contributed by atoms with Gasteiger partial charge in [-0.3, -0.25) is 14.4 Å². The Morgan fingerprint density at radius 2 is 1.96 bits per heavy atom. The number of amides is 2. The van der Waals surface area contributed by atoms with Crippen LogP contribution in [0.15, 0.2) is 52.3 Å². The molecule has 0 fully saturated rings. The second-order valence-electron chi connectivity index (χ2n) is 5.40. The number of aryl methyl sites for hydroxylation is 1. The molecule has 1 aromatic carbocycles. The van der Waals surface area contributed by atoms with E-state index >= 15 is 0 Å². The highest BCUT2D eigenvalue weighted by Gasteiger charge is 2.11. The van der Waals surface area contributed by atoms with E-state index < -0.39 is 0 Å². The number of hydrogen-bond donors (Lipinski definition) is 3. The van der Waals surface area contributed by atoms with Crippen molar-refractivity contribution in [2.75, 3.05) is 5.32 Å². The van der Waals surface area contributed by atoms with Crippen LogP contribution in [0.3, 0.4) is 0 Å². The Balaban J connectivity index is 2.11. The fraction of sp³-hybridized carbons (Fsp3) is 0.167. The number of aromatic nitrogens is 1. The van der Waals surface area contributed by atoms with Gasteiger partial charge < -0.3 is 15.6 Å². The van der Waals surface area contributed by atoms with Crippen molar-refractivity contribution in [2.45, 2.75) is 19.9 Å². The van der Waals surface area contributed by atoms with Crippen LogP contribution in [0.1, 0.15) is 16.8 Å². The van der Waals surface area contributed by atoms with E-state index in [1.54, 1.807) is 13.0 Å². The molecule has 0 atom stereocenters. The van der Waals surface area contributed by atoms with Crippen LogP contribution in [0.4, 0.5) is 5.69 Å². The van der Waals surface area contributed by atoms with Crippen molar-refractivity contribution in [3.8, 4) is 0 Å². The number of rotatable bonds is 6. The molecule has 130 valence electrons. The second kappa shape index (κ2) is 8.43. The van der Waals surface area contributed by atoms with E-state index in [0.29, 0.717) is 22.4 Å². The summed E-state index contributed by atoms with van der Waals surface area (Å²) in [6.07, 6.45) is 1.35. The Morgan fingerprint density at radius 1 is 1.28 bits per heavy atom. The summed E-state index contributed by atoms with van der Waals surface area (Å²) >= 11 is 3.15. The van der Waals surface area contributed by atoms with Gasteiger partial charge in [-0.05, 0) is 46.1 Å². The highest BCUT2D eigenvalue weighted by molar-refractivity contribution is 9.10. The Labute approximate surface area is 153 Å². The maximum atomic E-state index is 12.4. The largest absolute Gasteiger partial charge is 0.348 e. The standard InChI is InChI=1S/C18H18BrN3O3/c1-3-16(23)20-10-13-7-5-4-6-12(13)8-17(24)22-15-9-14(19)18(25)21-11(15)2/h3-7,9H,1,8,10H2,2H3,(H,20,23)(H,21,25)(H,22,24). The molecule has 0 aliphatic heterocycles. The predicted molar refractivity (Wildman–Crippen MR) is 100 cm³/mol. The van der Waals surface area contributed by atoms with Gasteiger partial charge in [-0.1, -0.05) is 30.8 Å². The summed E-state index contributed by atoms with van der Waals surface area (Å²) in [4.78, 5) is 37.8. The third kappa shape index (κ3) is 5.15. The monoisotopic (exact) mass is 403 g/mol. The minimum Gasteiger partial charge on any atom is -0.348 e. The molecule has 2 aromatic rings. The molecule has 1 aromatic heterocycles. The smallest absolute Gasteiger partial charge is 0.262 e. The van der Waals surface area contributed by atoms with E-state index in [9.17, 15) is 14.4 Å². The maximum absolute atomic E-state index is 12.4. The summed E-state index contributed by atoms with van der Waals surface area (Å²) in [7, 11) is 0. The Hall–Kier alpha value is -2.67. The molecule has 0 unspecified atom stereocenters. The number of aromatic amines is 1. The van der Waals surface area contributed by atoms with Crippen LogP contribution in [0.2, 0.25) is 0 Å². The SMILES string of the molecule is C=CC(=O)NCc1ccccc1CC(=O)Nc1cc(Br)c(=O)[nH]c1C. The maximum Gasteiger partial charge on any atom is 0.262 e. The highest BCUT2D eigenvalue weighted by atomic mass is 79.9. The Morgan fingerprint density at radius 3 is 2.64 bits per heavy atom. The number of anilines is 1. The third-order valence-corrected chi connectivity index (χ3v) is 4.16. The molecular formula is C18H18BrN3O3. The van der Waals surface area contributed by atoms with Gasteiger partial charge >= 0.3 is 0 Å². The van der Waals surface area contributed by atoms with Crippen molar-refractivity contribution < 1.29 is 9.59 Å². The van der Waals surface area contributed by atoms with Crippen LogP contribution in [-0.2, 0) is 22.6 Å². The molecule has 25 heavy (non-hydrogen) atoms. The van der Waals surface area contributed by atoms with Gasteiger partial charge in [0.2, 0.25) is 11.8 Å². The molecule has 1 heterocycles. The van der Waals surface area contributed by atoms with Crippen LogP contribution in [0.5, 0.6) is 0 Å². The fourth-order valence-electron chi connectivity index (χ4n) is 2.25. The third-order valence-electron chi connectivity index (χ3n) is 3.57. The molecule has 3 N–H and O–H groups in total. The van der Waals surface area contributed by atoms with Gasteiger partial charge in [0.05, 0.1) is 16.6 Å². The van der Waals surface area contributed by atoms with Crippen molar-refractivity contribution in [1.82, 2.24) is 10.3 Å². The van der Waals surface area contributed by atoms with Gasteiger partial charge in [0, 0.05) is 12.2 Å². The molecule has 0 aliphatic carbocycles. The molecule has 2 amide bonds. The molecule has 0 radical (unpaired) electrons. The predicted octanol–water partition coefficient (Wildman–Crippen LogP) is 2.43. The van der Waals surface area contributed by atoms with Crippen molar-refractivity contribution in [3.05, 3.63) is 74.6 Å². The minimum absolute atomic E-state index is 0.149. The number of carbonyl (C=O) groups is 2. The number of H-pyrrole nitrogens is 1. The first kappa shape index (κ1) is 18.7. The van der Waals surface area contributed by atoms with Crippen molar-refractivity contribution in [3.63, 3.8) is 0 Å². The van der Waals surface area contributed by atoms with Crippen LogP contribution >= 0.6 is 15.9 Å². The van der Waals surface area contributed by atoms with Gasteiger partial charge in [-0.15, -0.1) is 0 Å². The summed E-state index contributed by atoms with van der Waals surface area (Å²) in [6.45, 7) is 5.43. The van der Waals surface area contributed by atoms with E-state index in [1.807, 2.05) is 24.3 Å². The highest BCUT2D eigenvalue weighted by Crippen LogP contribution is 2.16. The topological polar surface area (TPSA) is 91.1 Å². The average molecular weight is 404 g/mol. The molecule has 0 saturated carbocycles. The number of halogens is 1. The molecular weight excluding hydrogens is 386 g/mol. The number of carbonyl (C=O) groups excluding carboxylic acids is 2. The molecule has 0 bridgehead atoms. The molecule has 2 rings (SSSR count). The zero-order valence-corrected chi connectivity index (χ0v) is 15.3. The summed E-state index contributed by atoms with van der Waals surface area (Å²) in [5.41, 5.74) is 2.53. The lowest BCUT2D eigenvalue weighted by molar-refractivity contribution is -0.116. The van der Waals surface area contributed by atoms with E-state index in [0.717, 1.165) is 11.1 Å². The van der Waals surface area contributed by atoms with Crippen molar-refractivity contribution in [1.29, 1.82) is 0 Å². The van der Waals surface area contributed by atoms with Crippen molar-refractivity contribution >= 4 is 33.4 Å². The van der Waals surface area contributed by atoms with Gasteiger partial charge in [-0.25, -0.2) is 0 Å². The van der Waals surface area contributed by atoms with E-state index in [1.165, 1.54) is 6.08 Å². The van der Waals surface area contributed by atoms with Gasteiger partial charge in [0.25, 0.3) is 5.56 Å². The fourth-order valence-corrected chi connectivity index (χ4v) is 2.58. The normalized spacial score (nSPS) is 10.2. The first-order valence-electron chi connectivity index (χ1n) is 7.57. The lowest BCUT2D eigenvalue weighted by Crippen LogP contribution is -2.22. The summed E-state index contributed by atoms with van der Waals surface area (Å²) in [6, 6.07) is 8.95. The number of hydrogen-bond acceptors (Lipinski definition) is 3. The number of pyridine rings is 1. The van der Waals surface area contributed by atoms with Crippen LogP contribution in [0, 0.1) is 6.92 Å². The number of nitrogens with one attached hydrogen (secondary N) is 3. The van der Waals surface area contributed by atoms with Gasteiger partial charge in [-0.2, -0.15) is 0 Å². The lowest BCUT2D eigenvalue weighted by atomic mass is 10.0. The zero-order chi connectivity index (χ0) is 18.4. The molecule has 0 spiro atoms. The Kier molecular flexibility index (Phi) is 6.30. The second-order valence-corrected chi connectivity index (χ2v) is 6.26. The van der Waals surface area contributed by atoms with Crippen molar-refractivity contribution in [2.24, 2.45) is 0 Å². The van der Waals surface area contributed by atoms with Gasteiger partial charge in [0.15, 0.2) is 0 Å². The van der Waals surface area contributed by atoms with E-state index in [4.69, 9.17) is 0 Å². The molecule has 6 nitrogen and oxygen atoms in total. The first-order valence-corrected chi connectivity index (χ1v) is 8.36. The van der Waals surface area contributed by atoms with E-state index in [2.05, 4.69) is 38.1 Å². The van der Waals surface area contributed by atoms with Crippen LogP contribution in [0.25, 0.3) is 0 Å². The zero-order valence-electron chi connectivity index (χ0n) is 13.7. The molecule has 0 saturated heterocycles. The van der Waals surface area contributed by atoms with E-state index in [-0.39, 0.29) is 23.8 Å². The average Bonchev–Trinajstić information content (AvgIpc) is 2.58. The minimum atomic E-state index is -0.270. The van der Waals surface area contributed by atoms with Gasteiger partial charge in [0.1, 0.15) is 0 Å². The summed E-state index contributed by atoms with van der Waals surface area (Å²) < 4.78 is 0.348. The quantitative estimate of drug-likeness (QED) is 0.646. The lowest BCUT2D eigenvalue weighted by Gasteiger charge is -2.12. The van der Waals surface area contributed by atoms with Crippen LogP contribution < -0.4 is 16.2 Å². The molecule has 7 heteroatoms. The molecule has 0 aliphatic rings. The summed E-state index contributed by atoms with van der Waals surface area (Å²) in [5, 5.41) is 5.49. The Bertz CT molecular complexity index is 874. The van der Waals surface area contributed by atoms with Crippen LogP contribution in [-0.4, -0.2) is 16.8 Å². The first-order chi connectivity index (χ1) is 11.9. The number of benzene rings is 1.